The number of nitrogens with two attached hydrogens (primary N) is 1. The summed E-state index contributed by atoms with van der Waals surface area (Å²) in [7, 11) is 3.15. The number of carbonyl (C=O) groups excluding carboxylic acids is 1. The molecule has 10 nitrogen and oxygen atoms in total. The minimum atomic E-state index is -0.319. The maximum absolute atomic E-state index is 13.5. The number of fused-ring (bicyclic) bond motifs is 3. The summed E-state index contributed by atoms with van der Waals surface area (Å²) < 4.78 is 13.8. The van der Waals surface area contributed by atoms with Crippen molar-refractivity contribution >= 4 is 39.2 Å². The van der Waals surface area contributed by atoms with E-state index < -0.39 is 0 Å². The Morgan fingerprint density at radius 1 is 1.26 bits per heavy atom. The Hall–Kier alpha value is -4.70. The summed E-state index contributed by atoms with van der Waals surface area (Å²) in [6, 6.07) is 9.17. The van der Waals surface area contributed by atoms with E-state index in [1.807, 2.05) is 38.1 Å². The van der Waals surface area contributed by atoms with E-state index >= 15 is 0 Å². The number of hydrogen-bond donors (Lipinski definition) is 2. The van der Waals surface area contributed by atoms with Crippen molar-refractivity contribution < 1.29 is 14.3 Å². The maximum atomic E-state index is 13.5. The van der Waals surface area contributed by atoms with E-state index in [1.165, 1.54) is 13.3 Å². The first-order valence-corrected chi connectivity index (χ1v) is 12.4. The molecule has 39 heavy (non-hydrogen) atoms. The maximum Gasteiger partial charge on any atom is 0.333 e. The van der Waals surface area contributed by atoms with Gasteiger partial charge in [0.05, 0.1) is 40.2 Å². The zero-order valence-electron chi connectivity index (χ0n) is 22.7. The van der Waals surface area contributed by atoms with Crippen molar-refractivity contribution in [1.82, 2.24) is 19.1 Å². The number of nitrogens with zero attached hydrogens (tertiary/aromatic N) is 4. The van der Waals surface area contributed by atoms with Crippen LogP contribution in [0.5, 0.6) is 0 Å². The molecule has 0 fully saturated rings. The van der Waals surface area contributed by atoms with Crippen molar-refractivity contribution in [2.45, 2.75) is 26.9 Å². The predicted molar refractivity (Wildman–Crippen MR) is 154 cm³/mol. The van der Waals surface area contributed by atoms with Gasteiger partial charge in [-0.2, -0.15) is 0 Å². The van der Waals surface area contributed by atoms with E-state index in [9.17, 15) is 9.59 Å². The van der Waals surface area contributed by atoms with Gasteiger partial charge in [0, 0.05) is 31.3 Å². The molecule has 0 radical (unpaired) electrons. The van der Waals surface area contributed by atoms with Gasteiger partial charge in [0.25, 0.3) is 5.91 Å². The standard InChI is InChI=1S/C29H32N6O4/c1-7-21(39-17(2)3)12-20(14-30)19-8-9-23-22(13-19)28-25(15-31-23)34(5)29(37)35(28)24-10-11-26(32-18(24)4)33-27(36)16-38-6/h7-15,17H,1,16,30H2,2-6H3,(H,32,33,36)/b20-14+,21-12+. The van der Waals surface area contributed by atoms with Crippen LogP contribution in [0, 0.1) is 6.92 Å². The van der Waals surface area contributed by atoms with Crippen LogP contribution in [0.15, 0.2) is 72.0 Å². The first-order valence-electron chi connectivity index (χ1n) is 12.4. The van der Waals surface area contributed by atoms with Gasteiger partial charge in [-0.05, 0) is 62.8 Å². The molecule has 3 heterocycles. The first kappa shape index (κ1) is 27.3. The molecular weight excluding hydrogens is 496 g/mol. The van der Waals surface area contributed by atoms with Crippen LogP contribution in [-0.2, 0) is 21.3 Å². The number of benzene rings is 1. The number of anilines is 1. The van der Waals surface area contributed by atoms with Gasteiger partial charge in [-0.25, -0.2) is 9.78 Å². The second kappa shape index (κ2) is 11.4. The van der Waals surface area contributed by atoms with Crippen LogP contribution in [0.25, 0.3) is 33.2 Å². The van der Waals surface area contributed by atoms with Gasteiger partial charge in [0.2, 0.25) is 0 Å². The Labute approximate surface area is 226 Å². The SMILES string of the molecule is C=C/C(=C\C(=C/N)c1ccc2ncc3c(c2c1)n(-c1ccc(NC(=O)COC)nc1C)c(=O)n3C)OC(C)C. The zero-order chi connectivity index (χ0) is 28.3. The number of allylic oxidation sites excluding steroid dienone is 3. The molecule has 0 saturated carbocycles. The number of nitrogens with one attached hydrogen (secondary N) is 1. The summed E-state index contributed by atoms with van der Waals surface area (Å²) in [5.74, 6) is 0.640. The fraction of sp³-hybridized carbons (Fsp3) is 0.241. The second-order valence-electron chi connectivity index (χ2n) is 9.22. The van der Waals surface area contributed by atoms with Crippen LogP contribution in [-0.4, -0.2) is 44.8 Å². The highest BCUT2D eigenvalue weighted by Crippen LogP contribution is 2.29. The summed E-state index contributed by atoms with van der Waals surface area (Å²) in [5.41, 5.74) is 10.5. The monoisotopic (exact) mass is 528 g/mol. The third-order valence-corrected chi connectivity index (χ3v) is 6.11. The summed E-state index contributed by atoms with van der Waals surface area (Å²) in [4.78, 5) is 34.5. The highest BCUT2D eigenvalue weighted by molar-refractivity contribution is 6.04. The first-order chi connectivity index (χ1) is 18.7. The molecule has 202 valence electrons. The van der Waals surface area contributed by atoms with Crippen LogP contribution in [0.4, 0.5) is 5.82 Å². The fourth-order valence-corrected chi connectivity index (χ4v) is 4.36. The molecule has 1 aromatic carbocycles. The Balaban J connectivity index is 1.91. The van der Waals surface area contributed by atoms with Crippen LogP contribution in [0.3, 0.4) is 0 Å². The number of aryl methyl sites for hydroxylation is 2. The second-order valence-corrected chi connectivity index (χ2v) is 9.22. The van der Waals surface area contributed by atoms with Gasteiger partial charge in [0.1, 0.15) is 18.2 Å². The van der Waals surface area contributed by atoms with E-state index in [-0.39, 0.29) is 24.3 Å². The van der Waals surface area contributed by atoms with E-state index in [1.54, 1.807) is 47.5 Å². The van der Waals surface area contributed by atoms with E-state index in [4.69, 9.17) is 15.2 Å². The average Bonchev–Trinajstić information content (AvgIpc) is 3.16. The number of hydrogen-bond acceptors (Lipinski definition) is 7. The Bertz CT molecular complexity index is 1690. The van der Waals surface area contributed by atoms with Crippen molar-refractivity contribution in [3.63, 3.8) is 0 Å². The van der Waals surface area contributed by atoms with Crippen molar-refractivity contribution in [2.24, 2.45) is 12.8 Å². The van der Waals surface area contributed by atoms with E-state index in [0.29, 0.717) is 39.5 Å². The van der Waals surface area contributed by atoms with Crippen LogP contribution < -0.4 is 16.7 Å². The largest absolute Gasteiger partial charge is 0.491 e. The third kappa shape index (κ3) is 5.46. The molecule has 10 heteroatoms. The lowest BCUT2D eigenvalue weighted by Gasteiger charge is -2.13. The smallest absolute Gasteiger partial charge is 0.333 e. The normalized spacial score (nSPS) is 12.4. The quantitative estimate of drug-likeness (QED) is 0.249. The molecule has 0 bridgehead atoms. The summed E-state index contributed by atoms with van der Waals surface area (Å²) in [6.07, 6.45) is 6.62. The fourth-order valence-electron chi connectivity index (χ4n) is 4.36. The Morgan fingerprint density at radius 2 is 2.03 bits per heavy atom. The lowest BCUT2D eigenvalue weighted by Crippen LogP contribution is -2.22. The molecule has 0 atom stereocenters. The van der Waals surface area contributed by atoms with Gasteiger partial charge in [-0.1, -0.05) is 12.6 Å². The molecule has 0 aliphatic heterocycles. The number of aromatic nitrogens is 4. The molecule has 0 spiro atoms. The third-order valence-electron chi connectivity index (χ3n) is 6.11. The molecule has 1 amide bonds. The van der Waals surface area contributed by atoms with E-state index in [2.05, 4.69) is 21.9 Å². The highest BCUT2D eigenvalue weighted by Gasteiger charge is 2.19. The molecule has 0 unspecified atom stereocenters. The van der Waals surface area contributed by atoms with Crippen molar-refractivity contribution in [3.05, 3.63) is 89.0 Å². The number of pyridine rings is 2. The predicted octanol–water partition coefficient (Wildman–Crippen LogP) is 3.96. The van der Waals surface area contributed by atoms with Crippen molar-refractivity contribution in [3.8, 4) is 5.69 Å². The number of imidazole rings is 1. The molecule has 3 N–H and O–H groups in total. The van der Waals surface area contributed by atoms with Gasteiger partial charge < -0.3 is 20.5 Å². The van der Waals surface area contributed by atoms with Crippen LogP contribution in [0.1, 0.15) is 25.1 Å². The van der Waals surface area contributed by atoms with Gasteiger partial charge in [0.15, 0.2) is 0 Å². The minimum Gasteiger partial charge on any atom is -0.491 e. The Morgan fingerprint density at radius 3 is 2.67 bits per heavy atom. The van der Waals surface area contributed by atoms with Crippen LogP contribution >= 0.6 is 0 Å². The number of methoxy groups -OCH3 is 1. The molecule has 3 aromatic heterocycles. The summed E-state index contributed by atoms with van der Waals surface area (Å²) in [5, 5.41) is 3.45. The Kier molecular flexibility index (Phi) is 7.96. The van der Waals surface area contributed by atoms with Crippen LogP contribution in [0.2, 0.25) is 0 Å². The van der Waals surface area contributed by atoms with Gasteiger partial charge in [-0.15, -0.1) is 0 Å². The van der Waals surface area contributed by atoms with Gasteiger partial charge in [-0.3, -0.25) is 18.9 Å². The minimum absolute atomic E-state index is 0.0241. The molecule has 0 aliphatic carbocycles. The topological polar surface area (TPSA) is 126 Å². The molecular formula is C29H32N6O4. The lowest BCUT2D eigenvalue weighted by molar-refractivity contribution is -0.119. The zero-order valence-corrected chi connectivity index (χ0v) is 22.7. The molecule has 0 saturated heterocycles. The van der Waals surface area contributed by atoms with E-state index in [0.717, 1.165) is 16.5 Å². The number of carbonyl (C=O) groups is 1. The molecule has 4 rings (SSSR count). The summed E-state index contributed by atoms with van der Waals surface area (Å²) in [6.45, 7) is 9.41. The van der Waals surface area contributed by atoms with Crippen molar-refractivity contribution in [2.75, 3.05) is 19.0 Å². The number of ether oxygens (including phenoxy) is 2. The number of amides is 1. The molecule has 4 aromatic rings. The highest BCUT2D eigenvalue weighted by atomic mass is 16.5. The lowest BCUT2D eigenvalue weighted by atomic mass is 10.0. The summed E-state index contributed by atoms with van der Waals surface area (Å²) >= 11 is 0. The van der Waals surface area contributed by atoms with Gasteiger partial charge >= 0.3 is 5.69 Å². The number of rotatable bonds is 9. The van der Waals surface area contributed by atoms with Crippen molar-refractivity contribution in [1.29, 1.82) is 0 Å². The molecule has 0 aliphatic rings. The average molecular weight is 529 g/mol.